The SMILES string of the molecule is Cc1ccc(C(=O)O)c(N2CCCC3(CCc4c3nc(C(C)(C)C)[nH]c4=O)C2)n1. The molecule has 154 valence electrons. The molecule has 2 aliphatic rings. The number of H-pyrrole nitrogens is 1. The number of carboxylic acids is 1. The number of aromatic nitrogens is 3. The molecule has 1 fully saturated rings. The second-order valence-electron chi connectivity index (χ2n) is 9.43. The minimum atomic E-state index is -0.969. The van der Waals surface area contributed by atoms with Crippen LogP contribution >= 0.6 is 0 Å². The predicted octanol–water partition coefficient (Wildman–Crippen LogP) is 2.95. The average Bonchev–Trinajstić information content (AvgIpc) is 2.99. The Bertz CT molecular complexity index is 1040. The monoisotopic (exact) mass is 396 g/mol. The number of carbonyl (C=O) groups is 1. The Labute approximate surface area is 170 Å². The van der Waals surface area contributed by atoms with Crippen LogP contribution in [0.25, 0.3) is 0 Å². The zero-order valence-corrected chi connectivity index (χ0v) is 17.5. The second-order valence-corrected chi connectivity index (χ2v) is 9.43. The molecule has 3 heterocycles. The molecule has 1 spiro atoms. The van der Waals surface area contributed by atoms with Gasteiger partial charge in [0, 0.05) is 35.2 Å². The summed E-state index contributed by atoms with van der Waals surface area (Å²) in [4.78, 5) is 39.1. The molecule has 1 saturated heterocycles. The zero-order valence-electron chi connectivity index (χ0n) is 17.5. The third-order valence-corrected chi connectivity index (χ3v) is 6.20. The Balaban J connectivity index is 1.78. The van der Waals surface area contributed by atoms with Crippen molar-refractivity contribution in [1.29, 1.82) is 0 Å². The fraction of sp³-hybridized carbons (Fsp3) is 0.545. The van der Waals surface area contributed by atoms with Crippen LogP contribution in [0.2, 0.25) is 0 Å². The van der Waals surface area contributed by atoms with Crippen molar-refractivity contribution in [3.8, 4) is 0 Å². The highest BCUT2D eigenvalue weighted by atomic mass is 16.4. The number of hydrogen-bond acceptors (Lipinski definition) is 5. The van der Waals surface area contributed by atoms with Gasteiger partial charge in [-0.05, 0) is 44.7 Å². The van der Waals surface area contributed by atoms with E-state index in [2.05, 4.69) is 14.9 Å². The number of nitrogens with zero attached hydrogens (tertiary/aromatic N) is 3. The van der Waals surface area contributed by atoms with E-state index in [4.69, 9.17) is 4.98 Å². The van der Waals surface area contributed by atoms with E-state index in [1.807, 2.05) is 27.7 Å². The minimum absolute atomic E-state index is 0.0335. The first kappa shape index (κ1) is 19.6. The van der Waals surface area contributed by atoms with Crippen LogP contribution in [0.4, 0.5) is 5.82 Å². The second kappa shape index (κ2) is 6.68. The van der Waals surface area contributed by atoms with Crippen LogP contribution in [0.1, 0.15) is 73.2 Å². The van der Waals surface area contributed by atoms with E-state index in [1.165, 1.54) is 0 Å². The van der Waals surface area contributed by atoms with Crippen LogP contribution in [0, 0.1) is 6.92 Å². The minimum Gasteiger partial charge on any atom is -0.478 e. The van der Waals surface area contributed by atoms with Crippen molar-refractivity contribution in [3.63, 3.8) is 0 Å². The van der Waals surface area contributed by atoms with Gasteiger partial charge in [-0.1, -0.05) is 20.8 Å². The lowest BCUT2D eigenvalue weighted by Crippen LogP contribution is -2.47. The lowest BCUT2D eigenvalue weighted by molar-refractivity contribution is 0.0697. The molecular formula is C22H28N4O3. The maximum absolute atomic E-state index is 12.7. The Hall–Kier alpha value is -2.70. The zero-order chi connectivity index (χ0) is 21.0. The maximum Gasteiger partial charge on any atom is 0.339 e. The Morgan fingerprint density at radius 2 is 2.00 bits per heavy atom. The first-order valence-corrected chi connectivity index (χ1v) is 10.2. The topological polar surface area (TPSA) is 99.2 Å². The van der Waals surface area contributed by atoms with E-state index in [-0.39, 0.29) is 22.0 Å². The summed E-state index contributed by atoms with van der Waals surface area (Å²) in [6, 6.07) is 3.36. The average molecular weight is 396 g/mol. The number of aromatic amines is 1. The van der Waals surface area contributed by atoms with Gasteiger partial charge in [0.05, 0.1) is 5.69 Å². The number of rotatable bonds is 2. The standard InChI is InChI=1S/C22H28N4O3/c1-13-6-7-15(19(28)29)17(23-13)26-11-5-9-22(12-26)10-8-14-16(22)24-20(21(2,3)4)25-18(14)27/h6-7H,5,8-12H2,1-4H3,(H,28,29)(H,24,25,27). The summed E-state index contributed by atoms with van der Waals surface area (Å²) in [5.41, 5.74) is 2.19. The van der Waals surface area contributed by atoms with Gasteiger partial charge in [0.25, 0.3) is 5.56 Å². The van der Waals surface area contributed by atoms with Crippen LogP contribution < -0.4 is 10.5 Å². The third-order valence-electron chi connectivity index (χ3n) is 6.20. The van der Waals surface area contributed by atoms with Crippen molar-refractivity contribution in [2.75, 3.05) is 18.0 Å². The molecule has 1 aliphatic carbocycles. The van der Waals surface area contributed by atoms with Crippen molar-refractivity contribution in [3.05, 3.63) is 50.8 Å². The number of hydrogen-bond donors (Lipinski definition) is 2. The summed E-state index contributed by atoms with van der Waals surface area (Å²) in [7, 11) is 0. The van der Waals surface area contributed by atoms with Crippen LogP contribution in [-0.4, -0.2) is 39.1 Å². The lowest BCUT2D eigenvalue weighted by atomic mass is 9.77. The van der Waals surface area contributed by atoms with E-state index >= 15 is 0 Å². The molecule has 0 aromatic carbocycles. The fourth-order valence-corrected chi connectivity index (χ4v) is 4.67. The summed E-state index contributed by atoms with van der Waals surface area (Å²) in [5.74, 6) is 0.258. The Morgan fingerprint density at radius 3 is 2.69 bits per heavy atom. The molecule has 0 amide bonds. The molecule has 7 heteroatoms. The number of nitrogens with one attached hydrogen (secondary N) is 1. The van der Waals surface area contributed by atoms with E-state index in [1.54, 1.807) is 12.1 Å². The normalized spacial score (nSPS) is 21.4. The molecule has 7 nitrogen and oxygen atoms in total. The molecule has 0 saturated carbocycles. The van der Waals surface area contributed by atoms with Crippen molar-refractivity contribution in [1.82, 2.24) is 15.0 Å². The van der Waals surface area contributed by atoms with Gasteiger partial charge >= 0.3 is 5.97 Å². The molecule has 0 bridgehead atoms. The summed E-state index contributed by atoms with van der Waals surface area (Å²) in [6.45, 7) is 9.39. The number of anilines is 1. The van der Waals surface area contributed by atoms with Crippen molar-refractivity contribution >= 4 is 11.8 Å². The molecule has 29 heavy (non-hydrogen) atoms. The number of aromatic carboxylic acids is 1. The van der Waals surface area contributed by atoms with Gasteiger partial charge in [0.2, 0.25) is 0 Å². The van der Waals surface area contributed by atoms with Crippen molar-refractivity contribution in [2.45, 2.75) is 64.2 Å². The summed E-state index contributed by atoms with van der Waals surface area (Å²) in [6.07, 6.45) is 3.43. The molecule has 2 aromatic heterocycles. The number of piperidine rings is 1. The lowest BCUT2D eigenvalue weighted by Gasteiger charge is -2.41. The van der Waals surface area contributed by atoms with Crippen LogP contribution in [-0.2, 0) is 17.3 Å². The van der Waals surface area contributed by atoms with E-state index < -0.39 is 5.97 Å². The molecule has 2 N–H and O–H groups in total. The molecule has 1 aliphatic heterocycles. The third kappa shape index (κ3) is 3.32. The van der Waals surface area contributed by atoms with Gasteiger partial charge in [-0.3, -0.25) is 4.79 Å². The highest BCUT2D eigenvalue weighted by Crippen LogP contribution is 2.44. The van der Waals surface area contributed by atoms with E-state index in [0.717, 1.165) is 42.8 Å². The number of fused-ring (bicyclic) bond motifs is 2. The smallest absolute Gasteiger partial charge is 0.339 e. The predicted molar refractivity (Wildman–Crippen MR) is 111 cm³/mol. The first-order chi connectivity index (χ1) is 13.6. The fourth-order valence-electron chi connectivity index (χ4n) is 4.67. The van der Waals surface area contributed by atoms with Crippen molar-refractivity contribution in [2.24, 2.45) is 0 Å². The van der Waals surface area contributed by atoms with Gasteiger partial charge < -0.3 is 15.0 Å². The molecule has 4 rings (SSSR count). The number of pyridine rings is 1. The molecule has 1 atom stereocenters. The molecule has 0 radical (unpaired) electrons. The molecular weight excluding hydrogens is 368 g/mol. The highest BCUT2D eigenvalue weighted by molar-refractivity contribution is 5.93. The van der Waals surface area contributed by atoms with Gasteiger partial charge in [-0.15, -0.1) is 0 Å². The number of carboxylic acid groups (broad SMARTS) is 1. The van der Waals surface area contributed by atoms with Crippen molar-refractivity contribution < 1.29 is 9.90 Å². The Kier molecular flexibility index (Phi) is 4.52. The van der Waals surface area contributed by atoms with Gasteiger partial charge in [0.15, 0.2) is 0 Å². The van der Waals surface area contributed by atoms with Crippen LogP contribution in [0.5, 0.6) is 0 Å². The Morgan fingerprint density at radius 1 is 1.24 bits per heavy atom. The first-order valence-electron chi connectivity index (χ1n) is 10.2. The maximum atomic E-state index is 12.7. The highest BCUT2D eigenvalue weighted by Gasteiger charge is 2.45. The van der Waals surface area contributed by atoms with Crippen LogP contribution in [0.3, 0.4) is 0 Å². The van der Waals surface area contributed by atoms with Gasteiger partial charge in [0.1, 0.15) is 17.2 Å². The molecule has 2 aromatic rings. The summed E-state index contributed by atoms with van der Waals surface area (Å²) < 4.78 is 0. The number of aryl methyl sites for hydroxylation is 1. The van der Waals surface area contributed by atoms with Crippen LogP contribution in [0.15, 0.2) is 16.9 Å². The summed E-state index contributed by atoms with van der Waals surface area (Å²) >= 11 is 0. The quantitative estimate of drug-likeness (QED) is 0.810. The van der Waals surface area contributed by atoms with Gasteiger partial charge in [-0.25, -0.2) is 14.8 Å². The largest absolute Gasteiger partial charge is 0.478 e. The van der Waals surface area contributed by atoms with E-state index in [9.17, 15) is 14.7 Å². The van der Waals surface area contributed by atoms with E-state index in [0.29, 0.717) is 24.6 Å². The molecule has 1 unspecified atom stereocenters. The van der Waals surface area contributed by atoms with Gasteiger partial charge in [-0.2, -0.15) is 0 Å². The summed E-state index contributed by atoms with van der Waals surface area (Å²) in [5, 5.41) is 9.64.